The molecule has 0 saturated heterocycles. The Morgan fingerprint density at radius 2 is 0.881 bits per heavy atom. The molecule has 84 heavy (non-hydrogen) atoms. The fourth-order valence-electron chi connectivity index (χ4n) is 13.4. The molecule has 2 aromatic heterocycles. The van der Waals surface area contributed by atoms with E-state index in [9.17, 15) is 0 Å². The van der Waals surface area contributed by atoms with Crippen LogP contribution in [-0.4, -0.2) is 11.3 Å². The number of aromatic nitrogens is 1. The Bertz CT molecular complexity index is 4390. The van der Waals surface area contributed by atoms with E-state index in [2.05, 4.69) is 319 Å². The molecule has 11 aromatic rings. The second-order valence-electron chi connectivity index (χ2n) is 29.3. The second kappa shape index (κ2) is 19.2. The Kier molecular flexibility index (Phi) is 12.5. The quantitative estimate of drug-likeness (QED) is 0.155. The van der Waals surface area contributed by atoms with Gasteiger partial charge in [-0.2, -0.15) is 0 Å². The van der Waals surface area contributed by atoms with E-state index < -0.39 is 0 Å². The summed E-state index contributed by atoms with van der Waals surface area (Å²) in [6.07, 6.45) is 0. The largest absolute Gasteiger partial charge is 0.468 e. The lowest BCUT2D eigenvalue weighted by Crippen LogP contribution is -2.61. The van der Waals surface area contributed by atoms with Gasteiger partial charge in [-0.3, -0.25) is 0 Å². The van der Waals surface area contributed by atoms with Gasteiger partial charge >= 0.3 is 0 Å². The Balaban J connectivity index is 1.13. The zero-order valence-corrected chi connectivity index (χ0v) is 52.6. The highest BCUT2D eigenvalue weighted by Crippen LogP contribution is 2.52. The highest BCUT2D eigenvalue weighted by molar-refractivity contribution is 7.00. The van der Waals surface area contributed by atoms with Crippen molar-refractivity contribution in [3.8, 4) is 5.69 Å². The van der Waals surface area contributed by atoms with Crippen molar-refractivity contribution >= 4 is 107 Å². The van der Waals surface area contributed by atoms with E-state index >= 15 is 0 Å². The van der Waals surface area contributed by atoms with E-state index in [-0.39, 0.29) is 33.8 Å². The average molecular weight is 1100 g/mol. The molecule has 0 unspecified atom stereocenters. The number of nitrogens with zero attached hydrogens (tertiary/aromatic N) is 4. The van der Waals surface area contributed by atoms with Crippen LogP contribution in [0.15, 0.2) is 186 Å². The van der Waals surface area contributed by atoms with Crippen molar-refractivity contribution in [2.24, 2.45) is 0 Å². The smallest absolute Gasteiger partial charge is 0.297 e. The van der Waals surface area contributed by atoms with E-state index in [0.717, 1.165) is 62.0 Å². The van der Waals surface area contributed by atoms with Gasteiger partial charge in [0, 0.05) is 61.7 Å². The number of anilines is 9. The SMILES string of the molecule is Cc1cc(C(C)(C)C)cc(C)c1N1c2cc(N(c3ccc(C(C)(C)C)cc3)c3ccc4c5ccccc5n(-c5ccccc5)c4c3)ccc2B2c3oc4ccc(C(C)(C)C)cc4c3N(c3ccc(C(C)(C)C)cc3)c3cc(C(C)(C)C)cc1c32. The highest BCUT2D eigenvalue weighted by Gasteiger charge is 2.48. The maximum Gasteiger partial charge on any atom is 0.297 e. The predicted octanol–water partition coefficient (Wildman–Crippen LogP) is 20.2. The molecule has 0 bridgehead atoms. The molecule has 13 rings (SSSR count). The first kappa shape index (κ1) is 55.0. The summed E-state index contributed by atoms with van der Waals surface area (Å²) in [6, 6.07) is 69.4. The molecule has 2 aliphatic heterocycles. The standard InChI is InChI=1S/C78H81BN4O/c1-48-41-53(77(12,13)14)42-49(2)71(48)83-66-47-59(80(56-32-27-50(28-33-56)74(3,4)5)58-36-38-61-60-25-21-22-26-64(60)81(65(61)46-58)55-23-19-18-20-24-55)37-39-63(66)79-70-67(44-54(45-68(70)83)78(15,16)17)82(57-34-29-51(30-35-57)75(6,7)8)72-62-43-52(76(9,10)11)31-40-69(62)84-73(72)79/h18-47H,1-17H3. The number of hydrogen-bond acceptors (Lipinski definition) is 4. The van der Waals surface area contributed by atoms with Crippen LogP contribution in [0.25, 0.3) is 38.5 Å². The lowest BCUT2D eigenvalue weighted by molar-refractivity contribution is 0.589. The van der Waals surface area contributed by atoms with Crippen molar-refractivity contribution in [2.45, 2.75) is 145 Å². The fraction of sp³-hybridized carbons (Fsp3) is 0.282. The number of hydrogen-bond donors (Lipinski definition) is 0. The van der Waals surface area contributed by atoms with E-state index in [1.54, 1.807) is 0 Å². The molecule has 0 saturated carbocycles. The van der Waals surface area contributed by atoms with Gasteiger partial charge in [0.1, 0.15) is 5.58 Å². The highest BCUT2D eigenvalue weighted by atomic mass is 16.3. The Labute approximate surface area is 499 Å². The summed E-state index contributed by atoms with van der Waals surface area (Å²) in [5.74, 6) is 0. The summed E-state index contributed by atoms with van der Waals surface area (Å²) in [6.45, 7) is 39.2. The Morgan fingerprint density at radius 3 is 1.50 bits per heavy atom. The van der Waals surface area contributed by atoms with Crippen LogP contribution in [0.2, 0.25) is 0 Å². The van der Waals surface area contributed by atoms with Gasteiger partial charge in [0.15, 0.2) is 0 Å². The van der Waals surface area contributed by atoms with E-state index in [1.807, 2.05) is 0 Å². The molecule has 0 spiro atoms. The van der Waals surface area contributed by atoms with Gasteiger partial charge in [0.05, 0.1) is 28.1 Å². The van der Waals surface area contributed by atoms with Gasteiger partial charge < -0.3 is 23.7 Å². The van der Waals surface area contributed by atoms with Crippen molar-refractivity contribution < 1.29 is 4.42 Å². The lowest BCUT2D eigenvalue weighted by Gasteiger charge is -2.44. The van der Waals surface area contributed by atoms with Crippen LogP contribution in [0.4, 0.5) is 51.2 Å². The molecule has 0 amide bonds. The summed E-state index contributed by atoms with van der Waals surface area (Å²) in [4.78, 5) is 7.68. The molecule has 6 heteroatoms. The summed E-state index contributed by atoms with van der Waals surface area (Å²) in [5, 5.41) is 3.58. The zero-order valence-electron chi connectivity index (χ0n) is 52.6. The normalized spacial score (nSPS) is 13.7. The van der Waals surface area contributed by atoms with Gasteiger partial charge in [-0.05, 0) is 182 Å². The van der Waals surface area contributed by atoms with Crippen molar-refractivity contribution in [1.29, 1.82) is 0 Å². The minimum atomic E-state index is -0.234. The lowest BCUT2D eigenvalue weighted by atomic mass is 9.35. The maximum atomic E-state index is 7.53. The van der Waals surface area contributed by atoms with Crippen molar-refractivity contribution in [2.75, 3.05) is 14.7 Å². The molecule has 2 aliphatic rings. The van der Waals surface area contributed by atoms with Crippen LogP contribution in [-0.2, 0) is 27.1 Å². The van der Waals surface area contributed by atoms with E-state index in [4.69, 9.17) is 4.42 Å². The number of fused-ring (bicyclic) bond motifs is 9. The number of furan rings is 1. The molecule has 0 aliphatic carbocycles. The van der Waals surface area contributed by atoms with Crippen LogP contribution in [0.3, 0.4) is 0 Å². The third-order valence-corrected chi connectivity index (χ3v) is 18.1. The first-order valence-corrected chi connectivity index (χ1v) is 30.4. The summed E-state index contributed by atoms with van der Waals surface area (Å²) < 4.78 is 9.96. The minimum absolute atomic E-state index is 0.00631. The van der Waals surface area contributed by atoms with Crippen molar-refractivity contribution in [3.05, 3.63) is 221 Å². The van der Waals surface area contributed by atoms with Gasteiger partial charge in [0.2, 0.25) is 0 Å². The maximum absolute atomic E-state index is 7.53. The fourth-order valence-corrected chi connectivity index (χ4v) is 13.4. The molecule has 422 valence electrons. The second-order valence-corrected chi connectivity index (χ2v) is 29.3. The van der Waals surface area contributed by atoms with Crippen molar-refractivity contribution in [3.63, 3.8) is 0 Å². The summed E-state index contributed by atoms with van der Waals surface area (Å²) in [5.41, 5.74) is 26.6. The number of para-hydroxylation sites is 2. The van der Waals surface area contributed by atoms with Crippen LogP contribution < -0.4 is 31.3 Å². The molecule has 0 radical (unpaired) electrons. The first-order valence-electron chi connectivity index (χ1n) is 30.4. The number of rotatable bonds is 6. The third kappa shape index (κ3) is 9.05. The summed E-state index contributed by atoms with van der Waals surface area (Å²) in [7, 11) is 0. The molecule has 9 aromatic carbocycles. The molecular formula is C78H81BN4O. The monoisotopic (exact) mass is 1100 g/mol. The average Bonchev–Trinajstić information content (AvgIpc) is 1.24. The van der Waals surface area contributed by atoms with E-state index in [0.29, 0.717) is 0 Å². The number of aryl methyl sites for hydroxylation is 2. The zero-order chi connectivity index (χ0) is 59.3. The summed E-state index contributed by atoms with van der Waals surface area (Å²) >= 11 is 0. The Morgan fingerprint density at radius 1 is 0.369 bits per heavy atom. The minimum Gasteiger partial charge on any atom is -0.468 e. The molecule has 0 N–H and O–H groups in total. The van der Waals surface area contributed by atoms with Crippen molar-refractivity contribution in [1.82, 2.24) is 4.57 Å². The predicted molar refractivity (Wildman–Crippen MR) is 362 cm³/mol. The van der Waals surface area contributed by atoms with E-state index in [1.165, 1.54) is 83.2 Å². The molecule has 4 heterocycles. The molecule has 0 fully saturated rings. The van der Waals surface area contributed by atoms with Crippen LogP contribution in [0.5, 0.6) is 0 Å². The molecule has 5 nitrogen and oxygen atoms in total. The van der Waals surface area contributed by atoms with Crippen LogP contribution >= 0.6 is 0 Å². The topological polar surface area (TPSA) is 27.8 Å². The van der Waals surface area contributed by atoms with Gasteiger partial charge in [-0.15, -0.1) is 0 Å². The van der Waals surface area contributed by atoms with Crippen LogP contribution in [0.1, 0.15) is 143 Å². The van der Waals surface area contributed by atoms with Crippen LogP contribution in [0, 0.1) is 13.8 Å². The Hall–Kier alpha value is -8.22. The van der Waals surface area contributed by atoms with Gasteiger partial charge in [0.25, 0.3) is 6.71 Å². The third-order valence-electron chi connectivity index (χ3n) is 18.1. The first-order chi connectivity index (χ1) is 39.6. The number of benzene rings is 9. The van der Waals surface area contributed by atoms with Gasteiger partial charge in [-0.1, -0.05) is 195 Å². The molecule has 0 atom stereocenters. The van der Waals surface area contributed by atoms with Gasteiger partial charge in [-0.25, -0.2) is 0 Å². The molecular weight excluding hydrogens is 1020 g/mol.